The molecule has 1 aliphatic rings. The van der Waals surface area contributed by atoms with Gasteiger partial charge in [0.25, 0.3) is 5.91 Å². The number of nitriles is 1. The van der Waals surface area contributed by atoms with Crippen LogP contribution in [0.1, 0.15) is 46.3 Å². The van der Waals surface area contributed by atoms with E-state index in [1.165, 1.54) is 12.1 Å². The molecule has 0 fully saturated rings. The minimum Gasteiger partial charge on any atom is -0.489 e. The molecule has 3 aromatic rings. The average Bonchev–Trinajstić information content (AvgIpc) is 3.14. The number of amides is 1. The summed E-state index contributed by atoms with van der Waals surface area (Å²) in [4.78, 5) is 12.4. The molecule has 0 aliphatic carbocycles. The first kappa shape index (κ1) is 23.4. The third kappa shape index (κ3) is 4.91. The third-order valence-electron chi connectivity index (χ3n) is 6.01. The van der Waals surface area contributed by atoms with Crippen molar-refractivity contribution in [1.29, 1.82) is 5.26 Å². The second-order valence-electron chi connectivity index (χ2n) is 8.31. The van der Waals surface area contributed by atoms with Crippen molar-refractivity contribution in [3.63, 3.8) is 0 Å². The van der Waals surface area contributed by atoms with Gasteiger partial charge in [-0.15, -0.1) is 0 Å². The van der Waals surface area contributed by atoms with Crippen LogP contribution in [0.25, 0.3) is 11.1 Å². The summed E-state index contributed by atoms with van der Waals surface area (Å²) in [7, 11) is 0. The van der Waals surface area contributed by atoms with Crippen LogP contribution < -0.4 is 10.1 Å². The van der Waals surface area contributed by atoms with Crippen LogP contribution in [0.3, 0.4) is 0 Å². The zero-order chi connectivity index (χ0) is 24.3. The van der Waals surface area contributed by atoms with Gasteiger partial charge in [0.2, 0.25) is 0 Å². The maximum absolute atomic E-state index is 13.1. The van der Waals surface area contributed by atoms with Gasteiger partial charge in [-0.2, -0.15) is 18.4 Å². The van der Waals surface area contributed by atoms with Gasteiger partial charge in [-0.1, -0.05) is 49.4 Å². The molecule has 174 valence electrons. The number of ether oxygens (including phenoxy) is 1. The molecule has 0 saturated carbocycles. The minimum atomic E-state index is -4.39. The predicted octanol–water partition coefficient (Wildman–Crippen LogP) is 6.12. The van der Waals surface area contributed by atoms with E-state index in [9.17, 15) is 18.0 Å². The smallest absolute Gasteiger partial charge is 0.416 e. The van der Waals surface area contributed by atoms with Gasteiger partial charge in [0, 0.05) is 30.0 Å². The zero-order valence-corrected chi connectivity index (χ0v) is 18.5. The van der Waals surface area contributed by atoms with Gasteiger partial charge >= 0.3 is 6.18 Å². The number of carbonyl (C=O) groups excluding carboxylic acids is 1. The number of hydrogen-bond donors (Lipinski definition) is 1. The zero-order valence-electron chi connectivity index (χ0n) is 18.5. The van der Waals surface area contributed by atoms with Crippen molar-refractivity contribution in [2.45, 2.75) is 38.0 Å². The Morgan fingerprint density at radius 2 is 1.85 bits per heavy atom. The molecular formula is C27H23F3N2O2. The first-order valence-corrected chi connectivity index (χ1v) is 11.0. The summed E-state index contributed by atoms with van der Waals surface area (Å²) in [5.74, 6) is 0.385. The van der Waals surface area contributed by atoms with Crippen molar-refractivity contribution < 1.29 is 22.7 Å². The fourth-order valence-corrected chi connectivity index (χ4v) is 4.31. The van der Waals surface area contributed by atoms with E-state index in [-0.39, 0.29) is 30.9 Å². The predicted molar refractivity (Wildman–Crippen MR) is 122 cm³/mol. The summed E-state index contributed by atoms with van der Waals surface area (Å²) in [5.41, 5.74) is 3.13. The maximum atomic E-state index is 13.1. The molecule has 1 amide bonds. The molecule has 4 rings (SSSR count). The van der Waals surface area contributed by atoms with Crippen LogP contribution in [-0.4, -0.2) is 18.6 Å². The van der Waals surface area contributed by atoms with Crippen molar-refractivity contribution in [3.8, 4) is 22.9 Å². The molecule has 1 N–H and O–H groups in total. The average molecular weight is 464 g/mol. The normalized spacial score (nSPS) is 16.9. The number of alkyl halides is 3. The van der Waals surface area contributed by atoms with Crippen LogP contribution in [0.2, 0.25) is 0 Å². The minimum absolute atomic E-state index is 0.0612. The van der Waals surface area contributed by atoms with Gasteiger partial charge in [-0.25, -0.2) is 0 Å². The molecule has 0 aromatic heterocycles. The van der Waals surface area contributed by atoms with E-state index < -0.39 is 11.7 Å². The lowest BCUT2D eigenvalue weighted by atomic mass is 9.87. The lowest BCUT2D eigenvalue weighted by Crippen LogP contribution is -2.24. The van der Waals surface area contributed by atoms with E-state index in [1.54, 1.807) is 24.3 Å². The first-order valence-electron chi connectivity index (χ1n) is 11.0. The molecule has 1 aliphatic heterocycles. The molecule has 7 heteroatoms. The highest BCUT2D eigenvalue weighted by atomic mass is 19.4. The second kappa shape index (κ2) is 9.60. The number of rotatable bonds is 6. The SMILES string of the molecule is CC1c2c(cccc2-c2cccc(C(=O)NCCC#N)c2)OC1Cc1cccc(C(F)(F)F)c1. The molecule has 1 heterocycles. The van der Waals surface area contributed by atoms with E-state index in [0.717, 1.165) is 22.8 Å². The summed E-state index contributed by atoms with van der Waals surface area (Å²) in [6.07, 6.45) is -4.11. The number of nitrogens with one attached hydrogen (secondary N) is 1. The van der Waals surface area contributed by atoms with E-state index in [0.29, 0.717) is 23.3 Å². The van der Waals surface area contributed by atoms with Crippen LogP contribution in [0.15, 0.2) is 66.7 Å². The first-order chi connectivity index (χ1) is 16.3. The standard InChI is InChI=1S/C27H23F3N2O2/c1-17-24(15-18-6-2-9-21(14-18)27(28,29)30)34-23-11-4-10-22(25(17)23)19-7-3-8-20(16-19)26(33)32-13-5-12-31/h2-4,6-11,14,16-17,24H,5,13,15H2,1H3,(H,32,33). The molecule has 0 radical (unpaired) electrons. The summed E-state index contributed by atoms with van der Waals surface area (Å²) < 4.78 is 45.5. The van der Waals surface area contributed by atoms with Crippen LogP contribution in [0, 0.1) is 11.3 Å². The Kier molecular flexibility index (Phi) is 6.60. The number of benzene rings is 3. The number of fused-ring (bicyclic) bond motifs is 1. The van der Waals surface area contributed by atoms with Crippen LogP contribution in [-0.2, 0) is 12.6 Å². The fourth-order valence-electron chi connectivity index (χ4n) is 4.31. The van der Waals surface area contributed by atoms with Gasteiger partial charge in [0.05, 0.1) is 18.1 Å². The number of halogens is 3. The van der Waals surface area contributed by atoms with Crippen molar-refractivity contribution in [2.75, 3.05) is 6.54 Å². The molecule has 34 heavy (non-hydrogen) atoms. The molecule has 3 aromatic carbocycles. The van der Waals surface area contributed by atoms with E-state index in [4.69, 9.17) is 10.00 Å². The van der Waals surface area contributed by atoms with Gasteiger partial charge in [-0.3, -0.25) is 4.79 Å². The summed E-state index contributed by atoms with van der Waals surface area (Å²) in [5, 5.41) is 11.4. The Balaban J connectivity index is 1.58. The number of nitrogens with zero attached hydrogens (tertiary/aromatic N) is 1. The Bertz CT molecular complexity index is 1250. The highest BCUT2D eigenvalue weighted by Gasteiger charge is 2.35. The summed E-state index contributed by atoms with van der Waals surface area (Å²) in [6.45, 7) is 2.29. The van der Waals surface area contributed by atoms with Crippen LogP contribution in [0.4, 0.5) is 13.2 Å². The summed E-state index contributed by atoms with van der Waals surface area (Å²) in [6, 6.07) is 20.2. The Labute approximate surface area is 196 Å². The maximum Gasteiger partial charge on any atom is 0.416 e. The highest BCUT2D eigenvalue weighted by molar-refractivity contribution is 5.95. The molecule has 2 atom stereocenters. The second-order valence-corrected chi connectivity index (χ2v) is 8.31. The lowest BCUT2D eigenvalue weighted by molar-refractivity contribution is -0.137. The largest absolute Gasteiger partial charge is 0.489 e. The molecule has 2 unspecified atom stereocenters. The molecule has 4 nitrogen and oxygen atoms in total. The van der Waals surface area contributed by atoms with Crippen molar-refractivity contribution in [1.82, 2.24) is 5.32 Å². The van der Waals surface area contributed by atoms with E-state index in [2.05, 4.69) is 5.32 Å². The number of hydrogen-bond acceptors (Lipinski definition) is 3. The summed E-state index contributed by atoms with van der Waals surface area (Å²) >= 11 is 0. The van der Waals surface area contributed by atoms with E-state index in [1.807, 2.05) is 37.3 Å². The monoisotopic (exact) mass is 464 g/mol. The number of carbonyl (C=O) groups is 1. The lowest BCUT2D eigenvalue weighted by Gasteiger charge is -2.17. The van der Waals surface area contributed by atoms with Crippen molar-refractivity contribution in [2.24, 2.45) is 0 Å². The van der Waals surface area contributed by atoms with Gasteiger partial charge in [-0.05, 0) is 41.0 Å². The molecular weight excluding hydrogens is 441 g/mol. The molecule has 0 saturated heterocycles. The highest BCUT2D eigenvalue weighted by Crippen LogP contribution is 2.45. The third-order valence-corrected chi connectivity index (χ3v) is 6.01. The van der Waals surface area contributed by atoms with Crippen molar-refractivity contribution >= 4 is 5.91 Å². The van der Waals surface area contributed by atoms with Crippen LogP contribution in [0.5, 0.6) is 5.75 Å². The van der Waals surface area contributed by atoms with Crippen LogP contribution >= 0.6 is 0 Å². The molecule has 0 spiro atoms. The Morgan fingerprint density at radius 3 is 2.62 bits per heavy atom. The molecule has 0 bridgehead atoms. The van der Waals surface area contributed by atoms with Crippen molar-refractivity contribution in [3.05, 3.63) is 89.0 Å². The van der Waals surface area contributed by atoms with Gasteiger partial charge in [0.15, 0.2) is 0 Å². The fraction of sp³-hybridized carbons (Fsp3) is 0.259. The van der Waals surface area contributed by atoms with Gasteiger partial charge in [0.1, 0.15) is 11.9 Å². The quantitative estimate of drug-likeness (QED) is 0.447. The Hall–Kier alpha value is -3.79. The van der Waals surface area contributed by atoms with Gasteiger partial charge < -0.3 is 10.1 Å². The Morgan fingerprint density at radius 1 is 1.09 bits per heavy atom. The van der Waals surface area contributed by atoms with E-state index >= 15 is 0 Å². The topological polar surface area (TPSA) is 62.1 Å².